The van der Waals surface area contributed by atoms with Crippen LogP contribution in [0.3, 0.4) is 0 Å². The largest absolute Gasteiger partial charge is 0.361 e. The van der Waals surface area contributed by atoms with Crippen molar-refractivity contribution in [2.24, 2.45) is 0 Å². The summed E-state index contributed by atoms with van der Waals surface area (Å²) in [4.78, 5) is 14.9. The molecule has 0 radical (unpaired) electrons. The van der Waals surface area contributed by atoms with Crippen LogP contribution in [0.5, 0.6) is 0 Å². The fourth-order valence-corrected chi connectivity index (χ4v) is 4.71. The number of aromatic amines is 1. The number of aromatic nitrogens is 3. The molecule has 1 saturated heterocycles. The molecule has 0 spiro atoms. The lowest BCUT2D eigenvalue weighted by atomic mass is 9.89. The highest BCUT2D eigenvalue weighted by molar-refractivity contribution is 6.33. The molecular formula is C24H23ClN4. The Kier molecular flexibility index (Phi) is 5.04. The Morgan fingerprint density at radius 3 is 2.86 bits per heavy atom. The molecule has 0 amide bonds. The maximum absolute atomic E-state index is 6.48. The van der Waals surface area contributed by atoms with Gasteiger partial charge in [0.05, 0.1) is 5.69 Å². The third kappa shape index (κ3) is 3.66. The van der Waals surface area contributed by atoms with Crippen LogP contribution in [-0.4, -0.2) is 32.9 Å². The molecule has 0 saturated carbocycles. The first-order valence-electron chi connectivity index (χ1n) is 10.1. The highest BCUT2D eigenvalue weighted by atomic mass is 35.5. The van der Waals surface area contributed by atoms with Gasteiger partial charge in [-0.1, -0.05) is 48.0 Å². The minimum atomic E-state index is 0.378. The second kappa shape index (κ2) is 7.97. The smallest absolute Gasteiger partial charge is 0.115 e. The fourth-order valence-electron chi connectivity index (χ4n) is 4.48. The zero-order valence-electron chi connectivity index (χ0n) is 16.2. The monoisotopic (exact) mass is 402 g/mol. The summed E-state index contributed by atoms with van der Waals surface area (Å²) >= 11 is 6.48. The molecule has 5 heteroatoms. The molecule has 1 aliphatic heterocycles. The normalized spacial score (nSPS) is 17.6. The standard InChI is InChI=1S/C24H23ClN4/c25-22-9-3-1-8-20(22)21-13-26-16-28-24(21)17-6-5-11-29(14-17)15-18-12-27-23-10-4-2-7-19(18)23/h1-4,7-10,12-13,16-17,27H,5-6,11,14-15H2/t17-/m1/s1. The highest BCUT2D eigenvalue weighted by Gasteiger charge is 2.26. The Morgan fingerprint density at radius 1 is 1.07 bits per heavy atom. The quantitative estimate of drug-likeness (QED) is 0.479. The van der Waals surface area contributed by atoms with Crippen LogP contribution in [0.4, 0.5) is 0 Å². The molecule has 0 bridgehead atoms. The van der Waals surface area contributed by atoms with E-state index in [0.717, 1.165) is 47.9 Å². The van der Waals surface area contributed by atoms with Gasteiger partial charge in [-0.15, -0.1) is 0 Å². The van der Waals surface area contributed by atoms with Crippen LogP contribution < -0.4 is 0 Å². The van der Waals surface area contributed by atoms with Gasteiger partial charge in [-0.3, -0.25) is 4.90 Å². The SMILES string of the molecule is Clc1ccccc1-c1cncnc1[C@@H]1CCCN(Cc2c[nH]c3ccccc23)C1. The lowest BCUT2D eigenvalue weighted by Gasteiger charge is -2.33. The Balaban J connectivity index is 1.41. The van der Waals surface area contributed by atoms with Crippen LogP contribution in [0.1, 0.15) is 30.0 Å². The van der Waals surface area contributed by atoms with E-state index in [0.29, 0.717) is 5.92 Å². The van der Waals surface area contributed by atoms with Crippen molar-refractivity contribution in [3.8, 4) is 11.1 Å². The summed E-state index contributed by atoms with van der Waals surface area (Å²) in [6, 6.07) is 16.5. The number of benzene rings is 2. The van der Waals surface area contributed by atoms with Gasteiger partial charge >= 0.3 is 0 Å². The van der Waals surface area contributed by atoms with E-state index in [4.69, 9.17) is 16.6 Å². The first kappa shape index (κ1) is 18.3. The lowest BCUT2D eigenvalue weighted by molar-refractivity contribution is 0.199. The average Bonchev–Trinajstić information content (AvgIpc) is 3.17. The summed E-state index contributed by atoms with van der Waals surface area (Å²) < 4.78 is 0. The van der Waals surface area contributed by atoms with Crippen LogP contribution in [0.15, 0.2) is 67.3 Å². The molecule has 5 rings (SSSR count). The van der Waals surface area contributed by atoms with Crippen molar-refractivity contribution in [3.05, 3.63) is 83.5 Å². The number of halogens is 1. The Morgan fingerprint density at radius 2 is 1.93 bits per heavy atom. The predicted octanol–water partition coefficient (Wildman–Crippen LogP) is 5.66. The Labute approximate surface area is 175 Å². The molecular weight excluding hydrogens is 380 g/mol. The number of rotatable bonds is 4. The first-order chi connectivity index (χ1) is 14.3. The van der Waals surface area contributed by atoms with Gasteiger partial charge < -0.3 is 4.98 Å². The number of likely N-dealkylation sites (tertiary alicyclic amines) is 1. The van der Waals surface area contributed by atoms with Gasteiger partial charge in [0.25, 0.3) is 0 Å². The molecule has 1 atom stereocenters. The highest BCUT2D eigenvalue weighted by Crippen LogP contribution is 2.36. The minimum Gasteiger partial charge on any atom is -0.361 e. The van der Waals surface area contributed by atoms with Crippen molar-refractivity contribution in [2.45, 2.75) is 25.3 Å². The maximum Gasteiger partial charge on any atom is 0.115 e. The number of piperidine rings is 1. The maximum atomic E-state index is 6.48. The van der Waals surface area contributed by atoms with Crippen LogP contribution in [0.25, 0.3) is 22.0 Å². The predicted molar refractivity (Wildman–Crippen MR) is 118 cm³/mol. The molecule has 0 aliphatic carbocycles. The number of para-hydroxylation sites is 1. The van der Waals surface area contributed by atoms with Gasteiger partial charge in [-0.25, -0.2) is 9.97 Å². The van der Waals surface area contributed by atoms with Crippen molar-refractivity contribution in [3.63, 3.8) is 0 Å². The fraction of sp³-hybridized carbons (Fsp3) is 0.250. The number of fused-ring (bicyclic) bond motifs is 1. The van der Waals surface area contributed by atoms with E-state index in [2.05, 4.69) is 51.4 Å². The van der Waals surface area contributed by atoms with Crippen molar-refractivity contribution < 1.29 is 0 Å². The van der Waals surface area contributed by atoms with Gasteiger partial charge in [0, 0.05) is 58.5 Å². The summed E-state index contributed by atoms with van der Waals surface area (Å²) in [7, 11) is 0. The number of hydrogen-bond acceptors (Lipinski definition) is 3. The summed E-state index contributed by atoms with van der Waals surface area (Å²) in [6.07, 6.45) is 8.02. The van der Waals surface area contributed by atoms with E-state index in [1.807, 2.05) is 24.4 Å². The molecule has 146 valence electrons. The van der Waals surface area contributed by atoms with E-state index < -0.39 is 0 Å². The van der Waals surface area contributed by atoms with Crippen molar-refractivity contribution in [2.75, 3.05) is 13.1 Å². The topological polar surface area (TPSA) is 44.8 Å². The zero-order chi connectivity index (χ0) is 19.6. The van der Waals surface area contributed by atoms with Gasteiger partial charge in [0.15, 0.2) is 0 Å². The Hall–Kier alpha value is -2.69. The number of H-pyrrole nitrogens is 1. The van der Waals surface area contributed by atoms with Crippen molar-refractivity contribution in [1.82, 2.24) is 19.9 Å². The summed E-state index contributed by atoms with van der Waals surface area (Å²) in [5.74, 6) is 0.378. The van der Waals surface area contributed by atoms with Crippen LogP contribution >= 0.6 is 11.6 Å². The third-order valence-electron chi connectivity index (χ3n) is 5.87. The van der Waals surface area contributed by atoms with Gasteiger partial charge in [-0.2, -0.15) is 0 Å². The van der Waals surface area contributed by atoms with E-state index in [1.54, 1.807) is 6.33 Å². The minimum absolute atomic E-state index is 0.378. The van der Waals surface area contributed by atoms with E-state index in [9.17, 15) is 0 Å². The molecule has 1 aliphatic rings. The summed E-state index contributed by atoms with van der Waals surface area (Å²) in [5, 5.41) is 2.06. The number of hydrogen-bond donors (Lipinski definition) is 1. The number of nitrogens with one attached hydrogen (secondary N) is 1. The van der Waals surface area contributed by atoms with Crippen LogP contribution in [0.2, 0.25) is 5.02 Å². The summed E-state index contributed by atoms with van der Waals surface area (Å²) in [5.41, 5.74) is 5.73. The zero-order valence-corrected chi connectivity index (χ0v) is 16.9. The van der Waals surface area contributed by atoms with E-state index in [-0.39, 0.29) is 0 Å². The van der Waals surface area contributed by atoms with Crippen molar-refractivity contribution >= 4 is 22.5 Å². The van der Waals surface area contributed by atoms with E-state index in [1.165, 1.54) is 22.9 Å². The molecule has 2 aromatic heterocycles. The van der Waals surface area contributed by atoms with Crippen molar-refractivity contribution in [1.29, 1.82) is 0 Å². The Bertz CT molecular complexity index is 1140. The second-order valence-electron chi connectivity index (χ2n) is 7.74. The third-order valence-corrected chi connectivity index (χ3v) is 6.20. The second-order valence-corrected chi connectivity index (χ2v) is 8.14. The molecule has 1 fully saturated rings. The van der Waals surface area contributed by atoms with Gasteiger partial charge in [0.1, 0.15) is 6.33 Å². The van der Waals surface area contributed by atoms with Crippen LogP contribution in [-0.2, 0) is 6.54 Å². The molecule has 4 aromatic rings. The summed E-state index contributed by atoms with van der Waals surface area (Å²) in [6.45, 7) is 3.06. The molecule has 2 aromatic carbocycles. The van der Waals surface area contributed by atoms with Crippen LogP contribution in [0, 0.1) is 0 Å². The van der Waals surface area contributed by atoms with Gasteiger partial charge in [-0.05, 0) is 37.1 Å². The first-order valence-corrected chi connectivity index (χ1v) is 10.5. The van der Waals surface area contributed by atoms with Gasteiger partial charge in [0.2, 0.25) is 0 Å². The molecule has 1 N–H and O–H groups in total. The molecule has 3 heterocycles. The number of nitrogens with zero attached hydrogens (tertiary/aromatic N) is 3. The lowest BCUT2D eigenvalue weighted by Crippen LogP contribution is -2.34. The van der Waals surface area contributed by atoms with E-state index >= 15 is 0 Å². The molecule has 0 unspecified atom stereocenters. The molecule has 4 nitrogen and oxygen atoms in total. The average molecular weight is 403 g/mol. The molecule has 29 heavy (non-hydrogen) atoms.